The Hall–Kier alpha value is -4.06. The summed E-state index contributed by atoms with van der Waals surface area (Å²) in [5.74, 6) is 1.09. The van der Waals surface area contributed by atoms with Crippen LogP contribution in [0.3, 0.4) is 0 Å². The van der Waals surface area contributed by atoms with E-state index in [-0.39, 0.29) is 5.91 Å². The zero-order valence-corrected chi connectivity index (χ0v) is 21.0. The van der Waals surface area contributed by atoms with Crippen LogP contribution in [0.2, 0.25) is 0 Å². The number of aromatic nitrogens is 1. The monoisotopic (exact) mass is 481 g/mol. The number of para-hydroxylation sites is 3. The Kier molecular flexibility index (Phi) is 6.76. The van der Waals surface area contributed by atoms with Crippen molar-refractivity contribution in [2.75, 3.05) is 31.5 Å². The predicted octanol–water partition coefficient (Wildman–Crippen LogP) is 6.55. The molecule has 184 valence electrons. The molecule has 0 bridgehead atoms. The van der Waals surface area contributed by atoms with E-state index in [1.54, 1.807) is 14.2 Å². The summed E-state index contributed by atoms with van der Waals surface area (Å²) in [6.07, 6.45) is 4.88. The number of carbonyl (C=O) groups is 1. The zero-order chi connectivity index (χ0) is 25.1. The molecular formula is C30H31N3O3. The molecule has 0 saturated heterocycles. The third kappa shape index (κ3) is 4.59. The van der Waals surface area contributed by atoms with Crippen molar-refractivity contribution >= 4 is 28.2 Å². The van der Waals surface area contributed by atoms with Crippen molar-refractivity contribution in [3.05, 3.63) is 78.4 Å². The summed E-state index contributed by atoms with van der Waals surface area (Å²) >= 11 is 0. The number of fused-ring (bicyclic) bond motifs is 1. The first-order valence-corrected chi connectivity index (χ1v) is 12.3. The van der Waals surface area contributed by atoms with Crippen LogP contribution in [0.4, 0.5) is 11.4 Å². The van der Waals surface area contributed by atoms with Crippen LogP contribution in [0.5, 0.6) is 11.5 Å². The Morgan fingerprint density at radius 2 is 1.64 bits per heavy atom. The number of anilines is 2. The average Bonchev–Trinajstić information content (AvgIpc) is 3.47. The molecule has 3 aromatic carbocycles. The van der Waals surface area contributed by atoms with Gasteiger partial charge in [0, 0.05) is 24.0 Å². The van der Waals surface area contributed by atoms with Crippen molar-refractivity contribution in [2.24, 2.45) is 0 Å². The Bertz CT molecular complexity index is 1400. The minimum absolute atomic E-state index is 0.164. The number of nitrogens with zero attached hydrogens (tertiary/aromatic N) is 2. The number of rotatable bonds is 7. The van der Waals surface area contributed by atoms with Crippen molar-refractivity contribution in [3.8, 4) is 22.8 Å². The SMILES string of the molecule is COc1ccc(-c2cc(C(=O)Nc3ccccc3N(C)C3CCCC3)c3ccccc3n2)cc1OC. The van der Waals surface area contributed by atoms with Crippen LogP contribution in [0.1, 0.15) is 36.0 Å². The maximum Gasteiger partial charge on any atom is 0.256 e. The van der Waals surface area contributed by atoms with E-state index < -0.39 is 0 Å². The molecule has 0 spiro atoms. The maximum absolute atomic E-state index is 13.7. The number of nitrogens with one attached hydrogen (secondary N) is 1. The number of hydrogen-bond acceptors (Lipinski definition) is 5. The van der Waals surface area contributed by atoms with Gasteiger partial charge in [-0.2, -0.15) is 0 Å². The minimum atomic E-state index is -0.164. The number of amides is 1. The van der Waals surface area contributed by atoms with Gasteiger partial charge in [0.05, 0.1) is 42.4 Å². The molecule has 1 N–H and O–H groups in total. The Labute approximate surface area is 211 Å². The van der Waals surface area contributed by atoms with E-state index in [1.165, 1.54) is 25.7 Å². The molecule has 1 aromatic heterocycles. The molecule has 1 fully saturated rings. The Morgan fingerprint density at radius 1 is 0.917 bits per heavy atom. The molecule has 36 heavy (non-hydrogen) atoms. The summed E-state index contributed by atoms with van der Waals surface area (Å²) < 4.78 is 10.9. The number of hydrogen-bond donors (Lipinski definition) is 1. The van der Waals surface area contributed by atoms with E-state index >= 15 is 0 Å². The molecule has 0 radical (unpaired) electrons. The van der Waals surface area contributed by atoms with Crippen molar-refractivity contribution < 1.29 is 14.3 Å². The van der Waals surface area contributed by atoms with E-state index in [0.29, 0.717) is 28.8 Å². The van der Waals surface area contributed by atoms with E-state index in [2.05, 4.69) is 23.3 Å². The third-order valence-corrected chi connectivity index (χ3v) is 7.04. The van der Waals surface area contributed by atoms with Gasteiger partial charge in [-0.3, -0.25) is 4.79 Å². The minimum Gasteiger partial charge on any atom is -0.493 e. The second kappa shape index (κ2) is 10.3. The van der Waals surface area contributed by atoms with Gasteiger partial charge in [-0.25, -0.2) is 4.98 Å². The van der Waals surface area contributed by atoms with Crippen LogP contribution in [0.15, 0.2) is 72.8 Å². The topological polar surface area (TPSA) is 63.7 Å². The molecule has 1 amide bonds. The highest BCUT2D eigenvalue weighted by molar-refractivity contribution is 6.14. The number of benzene rings is 3. The van der Waals surface area contributed by atoms with Gasteiger partial charge >= 0.3 is 0 Å². The lowest BCUT2D eigenvalue weighted by atomic mass is 10.0. The number of pyridine rings is 1. The zero-order valence-electron chi connectivity index (χ0n) is 21.0. The summed E-state index contributed by atoms with van der Waals surface area (Å²) in [7, 11) is 5.34. The van der Waals surface area contributed by atoms with E-state index in [9.17, 15) is 4.79 Å². The van der Waals surface area contributed by atoms with Gasteiger partial charge in [0.1, 0.15) is 0 Å². The molecule has 1 aliphatic rings. The number of ether oxygens (including phenoxy) is 2. The van der Waals surface area contributed by atoms with Gasteiger partial charge in [0.2, 0.25) is 0 Å². The van der Waals surface area contributed by atoms with Crippen LogP contribution >= 0.6 is 0 Å². The smallest absolute Gasteiger partial charge is 0.256 e. The van der Waals surface area contributed by atoms with Crippen LogP contribution in [0.25, 0.3) is 22.2 Å². The highest BCUT2D eigenvalue weighted by atomic mass is 16.5. The first-order valence-electron chi connectivity index (χ1n) is 12.3. The number of methoxy groups -OCH3 is 2. The van der Waals surface area contributed by atoms with Gasteiger partial charge in [0.25, 0.3) is 5.91 Å². The van der Waals surface area contributed by atoms with E-state index in [1.807, 2.05) is 66.7 Å². The Balaban J connectivity index is 1.53. The van der Waals surface area contributed by atoms with Gasteiger partial charge in [-0.15, -0.1) is 0 Å². The predicted molar refractivity (Wildman–Crippen MR) is 145 cm³/mol. The molecule has 1 aliphatic carbocycles. The quantitative estimate of drug-likeness (QED) is 0.324. The van der Waals surface area contributed by atoms with Crippen LogP contribution in [-0.2, 0) is 0 Å². The fourth-order valence-electron chi connectivity index (χ4n) is 5.07. The van der Waals surface area contributed by atoms with Gasteiger partial charge < -0.3 is 19.7 Å². The molecule has 6 nitrogen and oxygen atoms in total. The van der Waals surface area contributed by atoms with Crippen molar-refractivity contribution in [2.45, 2.75) is 31.7 Å². The molecule has 1 heterocycles. The largest absolute Gasteiger partial charge is 0.493 e. The fraction of sp³-hybridized carbons (Fsp3) is 0.267. The van der Waals surface area contributed by atoms with Gasteiger partial charge in [0.15, 0.2) is 11.5 Å². The molecule has 0 unspecified atom stereocenters. The number of carbonyl (C=O) groups excluding carboxylic acids is 1. The highest BCUT2D eigenvalue weighted by Gasteiger charge is 2.23. The average molecular weight is 482 g/mol. The molecule has 5 rings (SSSR count). The van der Waals surface area contributed by atoms with Crippen LogP contribution < -0.4 is 19.7 Å². The molecule has 0 atom stereocenters. The Morgan fingerprint density at radius 3 is 2.42 bits per heavy atom. The summed E-state index contributed by atoms with van der Waals surface area (Å²) in [6, 6.07) is 23.8. The summed E-state index contributed by atoms with van der Waals surface area (Å²) in [5, 5.41) is 4.00. The first-order chi connectivity index (χ1) is 17.6. The first kappa shape index (κ1) is 23.7. The van der Waals surface area contributed by atoms with Crippen molar-refractivity contribution in [1.82, 2.24) is 4.98 Å². The van der Waals surface area contributed by atoms with Crippen molar-refractivity contribution in [3.63, 3.8) is 0 Å². The highest BCUT2D eigenvalue weighted by Crippen LogP contribution is 2.35. The van der Waals surface area contributed by atoms with Crippen LogP contribution in [-0.4, -0.2) is 38.2 Å². The summed E-state index contributed by atoms with van der Waals surface area (Å²) in [4.78, 5) is 20.9. The normalized spacial score (nSPS) is 13.5. The van der Waals surface area contributed by atoms with E-state index in [0.717, 1.165) is 27.8 Å². The summed E-state index contributed by atoms with van der Waals surface area (Å²) in [6.45, 7) is 0. The van der Waals surface area contributed by atoms with Crippen molar-refractivity contribution in [1.29, 1.82) is 0 Å². The second-order valence-corrected chi connectivity index (χ2v) is 9.16. The lowest BCUT2D eigenvalue weighted by molar-refractivity contribution is 0.102. The lowest BCUT2D eigenvalue weighted by Crippen LogP contribution is -2.29. The van der Waals surface area contributed by atoms with Gasteiger partial charge in [-0.05, 0) is 55.3 Å². The molecule has 0 aliphatic heterocycles. The van der Waals surface area contributed by atoms with Gasteiger partial charge in [-0.1, -0.05) is 43.2 Å². The molecule has 4 aromatic rings. The van der Waals surface area contributed by atoms with E-state index in [4.69, 9.17) is 14.5 Å². The lowest BCUT2D eigenvalue weighted by Gasteiger charge is -2.28. The third-order valence-electron chi connectivity index (χ3n) is 7.04. The fourth-order valence-corrected chi connectivity index (χ4v) is 5.07. The standard InChI is InChI=1S/C30H31N3O3/c1-33(21-10-4-5-11-21)27-15-9-8-14-25(27)32-30(34)23-19-26(31-24-13-7-6-12-22(23)24)20-16-17-28(35-2)29(18-20)36-3/h6-9,12-19,21H,4-5,10-11H2,1-3H3,(H,32,34). The molecule has 6 heteroatoms. The second-order valence-electron chi connectivity index (χ2n) is 9.16. The van der Waals surface area contributed by atoms with Crippen LogP contribution in [0, 0.1) is 0 Å². The summed E-state index contributed by atoms with van der Waals surface area (Å²) in [5.41, 5.74) is 4.71. The molecule has 1 saturated carbocycles. The maximum atomic E-state index is 13.7. The molecular weight excluding hydrogens is 450 g/mol.